The first-order valence-electron chi connectivity index (χ1n) is 10.4. The van der Waals surface area contributed by atoms with Crippen molar-refractivity contribution in [2.24, 2.45) is 0 Å². The third-order valence-corrected chi connectivity index (χ3v) is 4.68. The van der Waals surface area contributed by atoms with Crippen molar-refractivity contribution >= 4 is 12.0 Å². The summed E-state index contributed by atoms with van der Waals surface area (Å²) >= 11 is 0. The van der Waals surface area contributed by atoms with Gasteiger partial charge in [-0.15, -0.1) is 0 Å². The summed E-state index contributed by atoms with van der Waals surface area (Å²) in [6, 6.07) is 23.7. The van der Waals surface area contributed by atoms with Crippen LogP contribution in [-0.2, 0) is 17.8 Å². The molecule has 0 N–H and O–H groups in total. The largest absolute Gasteiger partial charge is 0.493 e. The standard InChI is InChI=1S/C26H28N2O2/c1-2-20-30-25-14-7-6-12-23(25)15-16-26(29)28(21-22-10-4-3-5-11-22)19-17-24-13-8-9-18-27-24/h3-16,18H,2,17,19-21H2,1H3/b16-15+. The number of nitrogens with zero attached hydrogens (tertiary/aromatic N) is 2. The maximum Gasteiger partial charge on any atom is 0.246 e. The molecule has 1 heterocycles. The molecule has 0 unspecified atom stereocenters. The van der Waals surface area contributed by atoms with Crippen LogP contribution in [-0.4, -0.2) is 28.9 Å². The van der Waals surface area contributed by atoms with Gasteiger partial charge in [0.2, 0.25) is 5.91 Å². The minimum Gasteiger partial charge on any atom is -0.493 e. The predicted molar refractivity (Wildman–Crippen MR) is 121 cm³/mol. The molecule has 1 amide bonds. The predicted octanol–water partition coefficient (Wildman–Crippen LogP) is 5.16. The van der Waals surface area contributed by atoms with Crippen LogP contribution in [0.25, 0.3) is 6.08 Å². The molecule has 154 valence electrons. The van der Waals surface area contributed by atoms with Crippen molar-refractivity contribution < 1.29 is 9.53 Å². The van der Waals surface area contributed by atoms with E-state index in [0.717, 1.165) is 29.0 Å². The number of benzene rings is 2. The van der Waals surface area contributed by atoms with Crippen LogP contribution in [0.5, 0.6) is 5.75 Å². The van der Waals surface area contributed by atoms with Crippen LogP contribution in [0.1, 0.15) is 30.2 Å². The quantitative estimate of drug-likeness (QED) is 0.442. The fourth-order valence-electron chi connectivity index (χ4n) is 3.09. The van der Waals surface area contributed by atoms with E-state index in [-0.39, 0.29) is 5.91 Å². The van der Waals surface area contributed by atoms with Crippen LogP contribution in [0.4, 0.5) is 0 Å². The highest BCUT2D eigenvalue weighted by Gasteiger charge is 2.12. The second kappa shape index (κ2) is 11.6. The number of amides is 1. The van der Waals surface area contributed by atoms with Crippen LogP contribution >= 0.6 is 0 Å². The smallest absolute Gasteiger partial charge is 0.246 e. The third-order valence-electron chi connectivity index (χ3n) is 4.68. The second-order valence-corrected chi connectivity index (χ2v) is 7.04. The minimum absolute atomic E-state index is 0.0277. The molecule has 0 fully saturated rings. The van der Waals surface area contributed by atoms with E-state index in [0.29, 0.717) is 26.1 Å². The zero-order chi connectivity index (χ0) is 21.0. The molecule has 4 heteroatoms. The molecule has 1 aromatic heterocycles. The van der Waals surface area contributed by atoms with E-state index in [9.17, 15) is 4.79 Å². The summed E-state index contributed by atoms with van der Waals surface area (Å²) in [4.78, 5) is 19.3. The van der Waals surface area contributed by atoms with Gasteiger partial charge in [0.05, 0.1) is 6.61 Å². The molecular weight excluding hydrogens is 372 g/mol. The van der Waals surface area contributed by atoms with Gasteiger partial charge in [-0.1, -0.05) is 61.5 Å². The second-order valence-electron chi connectivity index (χ2n) is 7.04. The lowest BCUT2D eigenvalue weighted by molar-refractivity contribution is -0.126. The molecule has 0 aliphatic heterocycles. The van der Waals surface area contributed by atoms with E-state index in [1.807, 2.05) is 83.8 Å². The summed E-state index contributed by atoms with van der Waals surface area (Å²) in [5, 5.41) is 0. The molecule has 2 aromatic carbocycles. The zero-order valence-corrected chi connectivity index (χ0v) is 17.4. The van der Waals surface area contributed by atoms with E-state index in [1.54, 1.807) is 12.3 Å². The highest BCUT2D eigenvalue weighted by atomic mass is 16.5. The Kier molecular flexibility index (Phi) is 8.22. The average molecular weight is 401 g/mol. The summed E-state index contributed by atoms with van der Waals surface area (Å²) < 4.78 is 5.80. The normalized spacial score (nSPS) is 10.8. The van der Waals surface area contributed by atoms with Gasteiger partial charge in [-0.3, -0.25) is 9.78 Å². The van der Waals surface area contributed by atoms with E-state index < -0.39 is 0 Å². The molecule has 3 aromatic rings. The lowest BCUT2D eigenvalue weighted by Crippen LogP contribution is -2.31. The number of ether oxygens (including phenoxy) is 1. The fourth-order valence-corrected chi connectivity index (χ4v) is 3.09. The summed E-state index contributed by atoms with van der Waals surface area (Å²) in [6.07, 6.45) is 6.91. The first-order valence-corrected chi connectivity index (χ1v) is 10.4. The molecule has 0 saturated carbocycles. The Morgan fingerprint density at radius 2 is 1.77 bits per heavy atom. The maximum absolute atomic E-state index is 13.0. The topological polar surface area (TPSA) is 42.4 Å². The lowest BCUT2D eigenvalue weighted by atomic mass is 10.1. The Morgan fingerprint density at radius 3 is 2.53 bits per heavy atom. The number of carbonyl (C=O) groups is 1. The van der Waals surface area contributed by atoms with Gasteiger partial charge in [-0.25, -0.2) is 0 Å². The third kappa shape index (κ3) is 6.59. The summed E-state index contributed by atoms with van der Waals surface area (Å²) in [7, 11) is 0. The number of aromatic nitrogens is 1. The number of carbonyl (C=O) groups excluding carboxylic acids is 1. The van der Waals surface area contributed by atoms with Crippen molar-refractivity contribution in [3.63, 3.8) is 0 Å². The number of hydrogen-bond acceptors (Lipinski definition) is 3. The Labute approximate surface area is 178 Å². The number of rotatable bonds is 10. The van der Waals surface area contributed by atoms with Crippen LogP contribution in [0.15, 0.2) is 85.1 Å². The van der Waals surface area contributed by atoms with Crippen LogP contribution in [0, 0.1) is 0 Å². The monoisotopic (exact) mass is 400 g/mol. The van der Waals surface area contributed by atoms with Gasteiger partial charge in [0.1, 0.15) is 5.75 Å². The average Bonchev–Trinajstić information content (AvgIpc) is 2.80. The highest BCUT2D eigenvalue weighted by molar-refractivity contribution is 5.92. The highest BCUT2D eigenvalue weighted by Crippen LogP contribution is 2.20. The lowest BCUT2D eigenvalue weighted by Gasteiger charge is -2.21. The molecule has 4 nitrogen and oxygen atoms in total. The van der Waals surface area contributed by atoms with Crippen molar-refractivity contribution in [2.75, 3.05) is 13.2 Å². The Balaban J connectivity index is 1.73. The van der Waals surface area contributed by atoms with E-state index >= 15 is 0 Å². The summed E-state index contributed by atoms with van der Waals surface area (Å²) in [5.74, 6) is 0.770. The number of pyridine rings is 1. The van der Waals surface area contributed by atoms with Gasteiger partial charge in [0.25, 0.3) is 0 Å². The molecule has 0 bridgehead atoms. The summed E-state index contributed by atoms with van der Waals surface area (Å²) in [6.45, 7) is 3.89. The molecule has 0 atom stereocenters. The summed E-state index contributed by atoms with van der Waals surface area (Å²) in [5.41, 5.74) is 2.99. The fraction of sp³-hybridized carbons (Fsp3) is 0.231. The van der Waals surface area contributed by atoms with E-state index in [2.05, 4.69) is 11.9 Å². The van der Waals surface area contributed by atoms with Gasteiger partial charge in [-0.05, 0) is 36.3 Å². The van der Waals surface area contributed by atoms with Crippen molar-refractivity contribution in [3.8, 4) is 5.75 Å². The van der Waals surface area contributed by atoms with Gasteiger partial charge in [0.15, 0.2) is 0 Å². The van der Waals surface area contributed by atoms with Gasteiger partial charge in [-0.2, -0.15) is 0 Å². The van der Waals surface area contributed by atoms with Crippen molar-refractivity contribution in [1.29, 1.82) is 0 Å². The van der Waals surface area contributed by atoms with E-state index in [4.69, 9.17) is 4.74 Å². The van der Waals surface area contributed by atoms with Crippen LogP contribution in [0.2, 0.25) is 0 Å². The van der Waals surface area contributed by atoms with Crippen molar-refractivity contribution in [2.45, 2.75) is 26.3 Å². The van der Waals surface area contributed by atoms with Gasteiger partial charge in [0, 0.05) is 43.0 Å². The molecule has 0 aliphatic carbocycles. The molecule has 0 spiro atoms. The Bertz CT molecular complexity index is 940. The molecular formula is C26H28N2O2. The minimum atomic E-state index is -0.0277. The van der Waals surface area contributed by atoms with Crippen molar-refractivity contribution in [1.82, 2.24) is 9.88 Å². The van der Waals surface area contributed by atoms with Gasteiger partial charge < -0.3 is 9.64 Å². The first kappa shape index (κ1) is 21.3. The Morgan fingerprint density at radius 1 is 1.00 bits per heavy atom. The SMILES string of the molecule is CCCOc1ccccc1/C=C/C(=O)N(CCc1ccccn1)Cc1ccccc1. The van der Waals surface area contributed by atoms with Crippen LogP contribution < -0.4 is 4.74 Å². The number of hydrogen-bond donors (Lipinski definition) is 0. The molecule has 0 aliphatic rings. The Hall–Kier alpha value is -3.40. The number of para-hydroxylation sites is 1. The van der Waals surface area contributed by atoms with Gasteiger partial charge >= 0.3 is 0 Å². The molecule has 30 heavy (non-hydrogen) atoms. The first-order chi connectivity index (χ1) is 14.8. The van der Waals surface area contributed by atoms with E-state index in [1.165, 1.54) is 0 Å². The molecule has 3 rings (SSSR count). The zero-order valence-electron chi connectivity index (χ0n) is 17.4. The molecule has 0 saturated heterocycles. The van der Waals surface area contributed by atoms with Crippen molar-refractivity contribution in [3.05, 3.63) is 102 Å². The van der Waals surface area contributed by atoms with Crippen LogP contribution in [0.3, 0.4) is 0 Å². The maximum atomic E-state index is 13.0. The molecule has 0 radical (unpaired) electrons.